The fraction of sp³-hybridized carbons (Fsp3) is 0.357. The van der Waals surface area contributed by atoms with Crippen molar-refractivity contribution in [3.8, 4) is 0 Å². The topological polar surface area (TPSA) is 49.5 Å². The van der Waals surface area contributed by atoms with Crippen molar-refractivity contribution in [2.24, 2.45) is 0 Å². The highest BCUT2D eigenvalue weighted by molar-refractivity contribution is 5.10. The first kappa shape index (κ1) is 12.8. The molecule has 2 rings (SSSR count). The molecular formula is C14H18N2O2. The van der Waals surface area contributed by atoms with Gasteiger partial charge in [0.05, 0.1) is 12.5 Å². The molecular weight excluding hydrogens is 228 g/mol. The number of hydrogen-bond acceptors (Lipinski definition) is 4. The average molecular weight is 246 g/mol. The summed E-state index contributed by atoms with van der Waals surface area (Å²) >= 11 is 0. The predicted molar refractivity (Wildman–Crippen MR) is 68.8 cm³/mol. The molecule has 4 heteroatoms. The summed E-state index contributed by atoms with van der Waals surface area (Å²) in [6.07, 6.45) is 7.84. The first-order valence-corrected chi connectivity index (χ1v) is 6.11. The smallest absolute Gasteiger partial charge is 0.0947 e. The lowest BCUT2D eigenvalue weighted by atomic mass is 10.2. The molecule has 0 atom stereocenters. The third-order valence-corrected chi connectivity index (χ3v) is 2.77. The minimum Gasteiger partial charge on any atom is -0.472 e. The molecule has 0 saturated carbocycles. The van der Waals surface area contributed by atoms with Crippen LogP contribution in [0.25, 0.3) is 0 Å². The van der Waals surface area contributed by atoms with Gasteiger partial charge in [0.2, 0.25) is 0 Å². The van der Waals surface area contributed by atoms with Crippen LogP contribution in [0.3, 0.4) is 0 Å². The van der Waals surface area contributed by atoms with E-state index < -0.39 is 0 Å². The fourth-order valence-corrected chi connectivity index (χ4v) is 1.90. The van der Waals surface area contributed by atoms with Gasteiger partial charge >= 0.3 is 0 Å². The summed E-state index contributed by atoms with van der Waals surface area (Å²) in [5, 5.41) is 8.95. The maximum atomic E-state index is 8.95. The molecule has 0 aliphatic rings. The molecule has 0 fully saturated rings. The van der Waals surface area contributed by atoms with E-state index in [1.807, 2.05) is 18.2 Å². The van der Waals surface area contributed by atoms with Crippen LogP contribution >= 0.6 is 0 Å². The molecule has 1 N–H and O–H groups in total. The molecule has 0 aliphatic heterocycles. The second-order valence-electron chi connectivity index (χ2n) is 4.27. The second kappa shape index (κ2) is 6.93. The van der Waals surface area contributed by atoms with Crippen molar-refractivity contribution in [1.29, 1.82) is 0 Å². The normalized spacial score (nSPS) is 11.0. The minimum absolute atomic E-state index is 0.220. The molecule has 2 aromatic rings. The van der Waals surface area contributed by atoms with Gasteiger partial charge in [-0.2, -0.15) is 0 Å². The van der Waals surface area contributed by atoms with Crippen LogP contribution in [0.1, 0.15) is 17.5 Å². The first-order valence-electron chi connectivity index (χ1n) is 6.11. The zero-order valence-electron chi connectivity index (χ0n) is 10.3. The maximum absolute atomic E-state index is 8.95. The molecule has 2 heterocycles. The van der Waals surface area contributed by atoms with Gasteiger partial charge in [-0.05, 0) is 30.2 Å². The van der Waals surface area contributed by atoms with Crippen molar-refractivity contribution in [3.63, 3.8) is 0 Å². The first-order chi connectivity index (χ1) is 8.88. The number of furan rings is 1. The van der Waals surface area contributed by atoms with Crippen molar-refractivity contribution in [2.45, 2.75) is 19.5 Å². The van der Waals surface area contributed by atoms with E-state index in [-0.39, 0.29) is 6.61 Å². The zero-order valence-corrected chi connectivity index (χ0v) is 10.3. The summed E-state index contributed by atoms with van der Waals surface area (Å²) in [7, 11) is 0. The lowest BCUT2D eigenvalue weighted by Crippen LogP contribution is -2.24. The van der Waals surface area contributed by atoms with E-state index >= 15 is 0 Å². The Kier molecular flexibility index (Phi) is 4.93. The fourth-order valence-electron chi connectivity index (χ4n) is 1.90. The van der Waals surface area contributed by atoms with E-state index in [1.54, 1.807) is 24.9 Å². The Morgan fingerprint density at radius 1 is 1.11 bits per heavy atom. The van der Waals surface area contributed by atoms with Crippen molar-refractivity contribution in [1.82, 2.24) is 9.88 Å². The Bertz CT molecular complexity index is 428. The minimum atomic E-state index is 0.220. The summed E-state index contributed by atoms with van der Waals surface area (Å²) in [6, 6.07) is 6.00. The summed E-state index contributed by atoms with van der Waals surface area (Å²) in [6.45, 7) is 2.77. The van der Waals surface area contributed by atoms with E-state index in [1.165, 1.54) is 5.56 Å². The Balaban J connectivity index is 1.96. The molecule has 0 bridgehead atoms. The van der Waals surface area contributed by atoms with E-state index in [4.69, 9.17) is 9.52 Å². The highest BCUT2D eigenvalue weighted by Gasteiger charge is 2.07. The van der Waals surface area contributed by atoms with Crippen molar-refractivity contribution in [2.75, 3.05) is 13.2 Å². The van der Waals surface area contributed by atoms with Crippen molar-refractivity contribution >= 4 is 0 Å². The van der Waals surface area contributed by atoms with Gasteiger partial charge in [0.1, 0.15) is 0 Å². The number of nitrogens with zero attached hydrogens (tertiary/aromatic N) is 2. The molecule has 0 aliphatic carbocycles. The van der Waals surface area contributed by atoms with Gasteiger partial charge in [0.15, 0.2) is 0 Å². The lowest BCUT2D eigenvalue weighted by Gasteiger charge is -2.21. The van der Waals surface area contributed by atoms with E-state index in [0.717, 1.165) is 31.6 Å². The van der Waals surface area contributed by atoms with Gasteiger partial charge < -0.3 is 9.52 Å². The van der Waals surface area contributed by atoms with E-state index in [0.29, 0.717) is 0 Å². The molecule has 0 saturated heterocycles. The Morgan fingerprint density at radius 3 is 2.56 bits per heavy atom. The Hall–Kier alpha value is -1.65. The SMILES string of the molecule is OCCCN(Cc1ccncc1)Cc1ccoc1. The van der Waals surface area contributed by atoms with Crippen LogP contribution in [-0.2, 0) is 13.1 Å². The van der Waals surface area contributed by atoms with Crippen molar-refractivity contribution in [3.05, 3.63) is 54.2 Å². The summed E-state index contributed by atoms with van der Waals surface area (Å²) in [4.78, 5) is 6.31. The number of rotatable bonds is 7. The van der Waals surface area contributed by atoms with Crippen molar-refractivity contribution < 1.29 is 9.52 Å². The molecule has 0 unspecified atom stereocenters. The van der Waals surface area contributed by atoms with Gasteiger partial charge in [-0.25, -0.2) is 0 Å². The third kappa shape index (κ3) is 3.98. The molecule has 96 valence electrons. The van der Waals surface area contributed by atoms with Gasteiger partial charge in [-0.1, -0.05) is 0 Å². The second-order valence-corrected chi connectivity index (χ2v) is 4.27. The van der Waals surface area contributed by atoms with Crippen LogP contribution in [0.2, 0.25) is 0 Å². The Morgan fingerprint density at radius 2 is 1.89 bits per heavy atom. The lowest BCUT2D eigenvalue weighted by molar-refractivity contribution is 0.212. The van der Waals surface area contributed by atoms with Gasteiger partial charge in [-0.15, -0.1) is 0 Å². The molecule has 2 aromatic heterocycles. The van der Waals surface area contributed by atoms with Crippen LogP contribution in [0.5, 0.6) is 0 Å². The Labute approximate surface area is 107 Å². The molecule has 0 amide bonds. The number of aliphatic hydroxyl groups is 1. The van der Waals surface area contributed by atoms with E-state index in [2.05, 4.69) is 9.88 Å². The van der Waals surface area contributed by atoms with Crippen LogP contribution in [0, 0.1) is 0 Å². The predicted octanol–water partition coefficient (Wildman–Crippen LogP) is 2.06. The van der Waals surface area contributed by atoms with Gasteiger partial charge in [-0.3, -0.25) is 9.88 Å². The quantitative estimate of drug-likeness (QED) is 0.812. The molecule has 0 spiro atoms. The van der Waals surface area contributed by atoms with Crippen LogP contribution in [0.4, 0.5) is 0 Å². The highest BCUT2D eigenvalue weighted by Crippen LogP contribution is 2.10. The standard InChI is InChI=1S/C14H18N2O2/c17-8-1-7-16(11-14-4-9-18-12-14)10-13-2-5-15-6-3-13/h2-6,9,12,17H,1,7-8,10-11H2. The van der Waals surface area contributed by atoms with Crippen LogP contribution in [0.15, 0.2) is 47.5 Å². The third-order valence-electron chi connectivity index (χ3n) is 2.77. The molecule has 18 heavy (non-hydrogen) atoms. The summed E-state index contributed by atoms with van der Waals surface area (Å²) < 4.78 is 5.08. The number of hydrogen-bond donors (Lipinski definition) is 1. The molecule has 4 nitrogen and oxygen atoms in total. The number of aromatic nitrogens is 1. The zero-order chi connectivity index (χ0) is 12.6. The number of aliphatic hydroxyl groups excluding tert-OH is 1. The van der Waals surface area contributed by atoms with Gasteiger partial charge in [0, 0.05) is 44.2 Å². The summed E-state index contributed by atoms with van der Waals surface area (Å²) in [5.41, 5.74) is 2.38. The highest BCUT2D eigenvalue weighted by atomic mass is 16.3. The summed E-state index contributed by atoms with van der Waals surface area (Å²) in [5.74, 6) is 0. The number of pyridine rings is 1. The maximum Gasteiger partial charge on any atom is 0.0947 e. The van der Waals surface area contributed by atoms with E-state index in [9.17, 15) is 0 Å². The molecule has 0 radical (unpaired) electrons. The molecule has 0 aromatic carbocycles. The van der Waals surface area contributed by atoms with Gasteiger partial charge in [0.25, 0.3) is 0 Å². The largest absolute Gasteiger partial charge is 0.472 e. The average Bonchev–Trinajstić information content (AvgIpc) is 2.90. The van der Waals surface area contributed by atoms with Crippen LogP contribution < -0.4 is 0 Å². The monoisotopic (exact) mass is 246 g/mol. The van der Waals surface area contributed by atoms with Crippen LogP contribution in [-0.4, -0.2) is 28.1 Å².